The Bertz CT molecular complexity index is 951. The molecule has 0 aliphatic heterocycles. The molecule has 3 aromatic rings. The topological polar surface area (TPSA) is 64.4 Å². The van der Waals surface area contributed by atoms with E-state index in [-0.39, 0.29) is 30.3 Å². The number of nitrogens with zero attached hydrogens (tertiary/aromatic N) is 1. The zero-order valence-electron chi connectivity index (χ0n) is 16.8. The second-order valence-electron chi connectivity index (χ2n) is 7.12. The van der Waals surface area contributed by atoms with Crippen LogP contribution in [0, 0.1) is 5.82 Å². The van der Waals surface area contributed by atoms with Gasteiger partial charge in [-0.2, -0.15) is 0 Å². The van der Waals surface area contributed by atoms with E-state index in [4.69, 9.17) is 9.15 Å². The first kappa shape index (κ1) is 20.6. The Morgan fingerprint density at radius 1 is 1.14 bits per heavy atom. The summed E-state index contributed by atoms with van der Waals surface area (Å²) in [5.74, 6) is 1.09. The van der Waals surface area contributed by atoms with Crippen LogP contribution in [0.3, 0.4) is 0 Å². The fourth-order valence-corrected chi connectivity index (χ4v) is 2.94. The first-order chi connectivity index (χ1) is 13.9. The maximum Gasteiger partial charge on any atom is 0.220 e. The highest BCUT2D eigenvalue weighted by Crippen LogP contribution is 2.24. The summed E-state index contributed by atoms with van der Waals surface area (Å²) < 4.78 is 25.1. The predicted molar refractivity (Wildman–Crippen MR) is 109 cm³/mol. The van der Waals surface area contributed by atoms with Crippen LogP contribution >= 0.6 is 0 Å². The highest BCUT2D eigenvalue weighted by molar-refractivity contribution is 5.76. The zero-order valence-corrected chi connectivity index (χ0v) is 16.8. The number of benzene rings is 2. The average Bonchev–Trinajstić information content (AvgIpc) is 3.15. The molecule has 0 fully saturated rings. The van der Waals surface area contributed by atoms with Gasteiger partial charge >= 0.3 is 0 Å². The number of hydrogen-bond acceptors (Lipinski definition) is 4. The number of rotatable bonds is 8. The molecule has 0 bridgehead atoms. The lowest BCUT2D eigenvalue weighted by Crippen LogP contribution is -2.26. The monoisotopic (exact) mass is 396 g/mol. The average molecular weight is 396 g/mol. The number of aryl methyl sites for hydroxylation is 1. The Morgan fingerprint density at radius 3 is 2.55 bits per heavy atom. The summed E-state index contributed by atoms with van der Waals surface area (Å²) >= 11 is 0. The van der Waals surface area contributed by atoms with Crippen molar-refractivity contribution in [3.8, 4) is 17.1 Å². The van der Waals surface area contributed by atoms with Crippen molar-refractivity contribution >= 4 is 5.91 Å². The van der Waals surface area contributed by atoms with Gasteiger partial charge in [-0.15, -0.1) is 0 Å². The third-order valence-electron chi connectivity index (χ3n) is 4.39. The third kappa shape index (κ3) is 5.67. The van der Waals surface area contributed by atoms with E-state index in [0.717, 1.165) is 11.3 Å². The van der Waals surface area contributed by atoms with Crippen molar-refractivity contribution in [1.29, 1.82) is 0 Å². The summed E-state index contributed by atoms with van der Waals surface area (Å²) in [6, 6.07) is 13.9. The second kappa shape index (κ2) is 9.37. The van der Waals surface area contributed by atoms with Crippen LogP contribution in [0.1, 0.15) is 44.7 Å². The molecule has 1 aromatic heterocycles. The van der Waals surface area contributed by atoms with E-state index in [9.17, 15) is 9.18 Å². The molecular formula is C23H25FN2O3. The third-order valence-corrected chi connectivity index (χ3v) is 4.39. The molecule has 5 nitrogen and oxygen atoms in total. The van der Waals surface area contributed by atoms with Crippen LogP contribution in [-0.2, 0) is 11.2 Å². The molecule has 0 saturated carbocycles. The Balaban J connectivity index is 1.51. The van der Waals surface area contributed by atoms with Crippen LogP contribution in [0.5, 0.6) is 5.75 Å². The van der Waals surface area contributed by atoms with Gasteiger partial charge in [-0.1, -0.05) is 24.3 Å². The zero-order chi connectivity index (χ0) is 20.8. The van der Waals surface area contributed by atoms with Gasteiger partial charge in [0, 0.05) is 12.8 Å². The lowest BCUT2D eigenvalue weighted by molar-refractivity contribution is -0.121. The number of carbonyl (C=O) groups is 1. The molecule has 152 valence electrons. The van der Waals surface area contributed by atoms with Crippen LogP contribution in [0.2, 0.25) is 0 Å². The number of aromatic nitrogens is 1. The minimum Gasteiger partial charge on any atom is -0.491 e. The molecule has 6 heteroatoms. The molecular weight excluding hydrogens is 371 g/mol. The molecule has 1 N–H and O–H groups in total. The first-order valence-electron chi connectivity index (χ1n) is 9.68. The molecule has 3 rings (SSSR count). The molecule has 0 saturated heterocycles. The van der Waals surface area contributed by atoms with E-state index >= 15 is 0 Å². The van der Waals surface area contributed by atoms with Crippen molar-refractivity contribution in [1.82, 2.24) is 10.3 Å². The van der Waals surface area contributed by atoms with Gasteiger partial charge in [0.15, 0.2) is 11.7 Å². The van der Waals surface area contributed by atoms with Gasteiger partial charge in [0.05, 0.1) is 23.9 Å². The number of nitrogens with one attached hydrogen (secondary N) is 1. The predicted octanol–water partition coefficient (Wildman–Crippen LogP) is 5.08. The first-order valence-corrected chi connectivity index (χ1v) is 9.68. The Kier molecular flexibility index (Phi) is 6.65. The van der Waals surface area contributed by atoms with Crippen molar-refractivity contribution in [3.63, 3.8) is 0 Å². The molecule has 1 unspecified atom stereocenters. The van der Waals surface area contributed by atoms with Gasteiger partial charge in [0.1, 0.15) is 11.6 Å². The number of halogens is 1. The minimum absolute atomic E-state index is 0.106. The molecule has 1 amide bonds. The van der Waals surface area contributed by atoms with Gasteiger partial charge in [-0.25, -0.2) is 9.37 Å². The van der Waals surface area contributed by atoms with Gasteiger partial charge in [0.25, 0.3) is 0 Å². The number of amides is 1. The van der Waals surface area contributed by atoms with Crippen molar-refractivity contribution in [2.24, 2.45) is 0 Å². The number of oxazole rings is 1. The van der Waals surface area contributed by atoms with Crippen molar-refractivity contribution < 1.29 is 18.3 Å². The van der Waals surface area contributed by atoms with Gasteiger partial charge < -0.3 is 14.5 Å². The largest absolute Gasteiger partial charge is 0.491 e. The van der Waals surface area contributed by atoms with Gasteiger partial charge in [0.2, 0.25) is 5.91 Å². The summed E-state index contributed by atoms with van der Waals surface area (Å²) in [7, 11) is 0. The number of carbonyl (C=O) groups excluding carboxylic acids is 1. The Labute approximate surface area is 169 Å². The van der Waals surface area contributed by atoms with Gasteiger partial charge in [-0.3, -0.25) is 4.79 Å². The quantitative estimate of drug-likeness (QED) is 0.577. The van der Waals surface area contributed by atoms with Crippen LogP contribution < -0.4 is 10.1 Å². The molecule has 1 heterocycles. The van der Waals surface area contributed by atoms with Crippen LogP contribution in [0.15, 0.2) is 59.1 Å². The van der Waals surface area contributed by atoms with E-state index in [1.54, 1.807) is 18.2 Å². The highest BCUT2D eigenvalue weighted by Gasteiger charge is 2.14. The van der Waals surface area contributed by atoms with E-state index in [0.29, 0.717) is 23.6 Å². The summed E-state index contributed by atoms with van der Waals surface area (Å²) in [5, 5.41) is 2.97. The summed E-state index contributed by atoms with van der Waals surface area (Å²) in [6.45, 7) is 5.88. The van der Waals surface area contributed by atoms with Crippen molar-refractivity contribution in [3.05, 3.63) is 72.0 Å². The number of hydrogen-bond donors (Lipinski definition) is 1. The van der Waals surface area contributed by atoms with E-state index in [2.05, 4.69) is 10.3 Å². The lowest BCUT2D eigenvalue weighted by Gasteiger charge is -2.15. The molecule has 0 spiro atoms. The van der Waals surface area contributed by atoms with E-state index < -0.39 is 0 Å². The molecule has 0 radical (unpaired) electrons. The van der Waals surface area contributed by atoms with Crippen LogP contribution in [0.25, 0.3) is 11.3 Å². The maximum absolute atomic E-state index is 13.8. The van der Waals surface area contributed by atoms with Crippen LogP contribution in [0.4, 0.5) is 4.39 Å². The summed E-state index contributed by atoms with van der Waals surface area (Å²) in [5.41, 5.74) is 1.35. The van der Waals surface area contributed by atoms with E-state index in [1.807, 2.05) is 45.0 Å². The fourth-order valence-electron chi connectivity index (χ4n) is 2.94. The lowest BCUT2D eigenvalue weighted by atomic mass is 10.1. The maximum atomic E-state index is 13.8. The highest BCUT2D eigenvalue weighted by atomic mass is 19.1. The molecule has 0 aliphatic rings. The van der Waals surface area contributed by atoms with Gasteiger partial charge in [-0.05, 0) is 50.6 Å². The number of ether oxygens (including phenoxy) is 1. The standard InChI is InChI=1S/C23H25FN2O3/c1-15(2)28-18-10-8-17(9-11-18)16(3)26-22(27)12-13-23-25-14-21(29-23)19-6-4-5-7-20(19)24/h4-11,14-16H,12-13H2,1-3H3,(H,26,27). The van der Waals surface area contributed by atoms with E-state index in [1.165, 1.54) is 12.3 Å². The Morgan fingerprint density at radius 2 is 1.86 bits per heavy atom. The molecule has 2 aromatic carbocycles. The summed E-state index contributed by atoms with van der Waals surface area (Å²) in [4.78, 5) is 16.4. The Hall–Kier alpha value is -3.15. The normalized spacial score (nSPS) is 12.0. The fraction of sp³-hybridized carbons (Fsp3) is 0.304. The van der Waals surface area contributed by atoms with Crippen molar-refractivity contribution in [2.75, 3.05) is 0 Å². The minimum atomic E-state index is -0.369. The summed E-state index contributed by atoms with van der Waals surface area (Å²) in [6.07, 6.45) is 2.17. The molecule has 1 atom stereocenters. The second-order valence-corrected chi connectivity index (χ2v) is 7.12. The van der Waals surface area contributed by atoms with Crippen molar-refractivity contribution in [2.45, 2.75) is 45.8 Å². The van der Waals surface area contributed by atoms with Crippen LogP contribution in [-0.4, -0.2) is 17.0 Å². The molecule has 29 heavy (non-hydrogen) atoms. The SMILES string of the molecule is CC(C)Oc1ccc(C(C)NC(=O)CCc2ncc(-c3ccccc3F)o2)cc1. The molecule has 0 aliphatic carbocycles. The smallest absolute Gasteiger partial charge is 0.220 e.